The van der Waals surface area contributed by atoms with Crippen molar-refractivity contribution < 1.29 is 0 Å². The van der Waals surface area contributed by atoms with E-state index in [0.717, 1.165) is 17.1 Å². The van der Waals surface area contributed by atoms with E-state index < -0.39 is 0 Å². The Morgan fingerprint density at radius 3 is 1.10 bits per heavy atom. The molecule has 0 radical (unpaired) electrons. The highest BCUT2D eigenvalue weighted by Gasteiger charge is 2.16. The molecule has 0 fully saturated rings. The molecule has 0 aliphatic heterocycles. The Labute approximate surface area is 346 Å². The minimum absolute atomic E-state index is 1.09. The average molecular weight is 752 g/mol. The monoisotopic (exact) mass is 751 g/mol. The second-order valence-electron chi connectivity index (χ2n) is 14.9. The lowest BCUT2D eigenvalue weighted by Crippen LogP contribution is -2.09. The number of hydrogen-bond acceptors (Lipinski definition) is 1. The summed E-state index contributed by atoms with van der Waals surface area (Å²) in [5.74, 6) is 0. The van der Waals surface area contributed by atoms with E-state index in [2.05, 4.69) is 254 Å². The van der Waals surface area contributed by atoms with E-state index in [4.69, 9.17) is 0 Å². The minimum atomic E-state index is 1.09. The molecule has 0 amide bonds. The van der Waals surface area contributed by atoms with Gasteiger partial charge in [-0.15, -0.1) is 0 Å². The molecule has 10 aromatic rings. The van der Waals surface area contributed by atoms with Crippen molar-refractivity contribution in [1.29, 1.82) is 0 Å². The lowest BCUT2D eigenvalue weighted by molar-refractivity contribution is 1.28. The molecule has 0 aliphatic carbocycles. The fraction of sp³-hybridized carbons (Fsp3) is 0. The van der Waals surface area contributed by atoms with Crippen LogP contribution in [0.5, 0.6) is 0 Å². The van der Waals surface area contributed by atoms with Gasteiger partial charge in [0.05, 0.1) is 0 Å². The molecule has 1 heteroatoms. The number of anilines is 3. The molecule has 0 N–H and O–H groups in total. The van der Waals surface area contributed by atoms with Crippen LogP contribution in [0.1, 0.15) is 0 Å². The molecule has 10 rings (SSSR count). The van der Waals surface area contributed by atoms with Gasteiger partial charge >= 0.3 is 0 Å². The number of nitrogens with zero attached hydrogens (tertiary/aromatic N) is 1. The molecule has 10 aromatic carbocycles. The second-order valence-corrected chi connectivity index (χ2v) is 14.9. The molecule has 278 valence electrons. The Morgan fingerprint density at radius 2 is 0.559 bits per heavy atom. The molecule has 0 aromatic heterocycles. The van der Waals surface area contributed by atoms with Gasteiger partial charge in [-0.25, -0.2) is 0 Å². The molecule has 59 heavy (non-hydrogen) atoms. The summed E-state index contributed by atoms with van der Waals surface area (Å²) in [4.78, 5) is 2.35. The fourth-order valence-electron chi connectivity index (χ4n) is 8.26. The van der Waals surface area contributed by atoms with E-state index in [1.54, 1.807) is 0 Å². The third kappa shape index (κ3) is 7.34. The van der Waals surface area contributed by atoms with Crippen molar-refractivity contribution >= 4 is 27.8 Å². The average Bonchev–Trinajstić information content (AvgIpc) is 3.33. The maximum Gasteiger partial charge on any atom is 0.0462 e. The summed E-state index contributed by atoms with van der Waals surface area (Å²) in [5.41, 5.74) is 17.8. The largest absolute Gasteiger partial charge is 0.311 e. The predicted molar refractivity (Wildman–Crippen MR) is 251 cm³/mol. The van der Waals surface area contributed by atoms with E-state index in [1.807, 2.05) is 0 Å². The van der Waals surface area contributed by atoms with Gasteiger partial charge in [0.2, 0.25) is 0 Å². The molecule has 0 heterocycles. The Balaban J connectivity index is 1.01. The number of rotatable bonds is 9. The summed E-state index contributed by atoms with van der Waals surface area (Å²) in [6, 6.07) is 89.7. The topological polar surface area (TPSA) is 3.24 Å². The number of hydrogen-bond donors (Lipinski definition) is 0. The molecule has 0 atom stereocenters. The standard InChI is InChI=1S/C58H41N/c1-4-13-42(14-5-1)43-23-25-44(26-24-43)45-27-34-52(35-28-45)59(54-38-31-50(32-39-54)56-22-12-20-48-19-10-11-21-55(48)56)53-36-29-46(30-37-53)51-33-40-57(47-15-6-2-7-16-47)58(41-51)49-17-8-3-9-18-49/h1-41H. The second kappa shape index (κ2) is 16.0. The number of fused-ring (bicyclic) bond motifs is 1. The highest BCUT2D eigenvalue weighted by molar-refractivity contribution is 5.97. The Hall–Kier alpha value is -7.74. The molecule has 0 saturated carbocycles. The van der Waals surface area contributed by atoms with Gasteiger partial charge in [0.1, 0.15) is 0 Å². The third-order valence-electron chi connectivity index (χ3n) is 11.3. The smallest absolute Gasteiger partial charge is 0.0462 e. The van der Waals surface area contributed by atoms with Crippen LogP contribution >= 0.6 is 0 Å². The maximum absolute atomic E-state index is 2.35. The Morgan fingerprint density at radius 1 is 0.203 bits per heavy atom. The number of benzene rings is 10. The van der Waals surface area contributed by atoms with E-state index >= 15 is 0 Å². The van der Waals surface area contributed by atoms with Crippen molar-refractivity contribution in [1.82, 2.24) is 0 Å². The van der Waals surface area contributed by atoms with Crippen molar-refractivity contribution in [2.45, 2.75) is 0 Å². The van der Waals surface area contributed by atoms with E-state index in [0.29, 0.717) is 0 Å². The summed E-state index contributed by atoms with van der Waals surface area (Å²) in [6.07, 6.45) is 0. The van der Waals surface area contributed by atoms with E-state index in [9.17, 15) is 0 Å². The molecular formula is C58H41N. The lowest BCUT2D eigenvalue weighted by atomic mass is 9.91. The van der Waals surface area contributed by atoms with Crippen LogP contribution in [0.15, 0.2) is 249 Å². The van der Waals surface area contributed by atoms with Crippen molar-refractivity contribution in [2.75, 3.05) is 4.90 Å². The third-order valence-corrected chi connectivity index (χ3v) is 11.3. The zero-order chi connectivity index (χ0) is 39.4. The summed E-state index contributed by atoms with van der Waals surface area (Å²) in [6.45, 7) is 0. The first kappa shape index (κ1) is 35.7. The van der Waals surface area contributed by atoms with Crippen LogP contribution < -0.4 is 4.90 Å². The zero-order valence-electron chi connectivity index (χ0n) is 32.6. The van der Waals surface area contributed by atoms with Crippen LogP contribution in [0.2, 0.25) is 0 Å². The van der Waals surface area contributed by atoms with Crippen LogP contribution in [-0.4, -0.2) is 0 Å². The van der Waals surface area contributed by atoms with Crippen LogP contribution in [0.3, 0.4) is 0 Å². The van der Waals surface area contributed by atoms with Crippen LogP contribution in [0.25, 0.3) is 77.5 Å². The first-order valence-electron chi connectivity index (χ1n) is 20.2. The van der Waals surface area contributed by atoms with Crippen molar-refractivity contribution in [3.8, 4) is 66.8 Å². The maximum atomic E-state index is 2.35. The van der Waals surface area contributed by atoms with Gasteiger partial charge in [0.25, 0.3) is 0 Å². The molecule has 0 spiro atoms. The van der Waals surface area contributed by atoms with E-state index in [-0.39, 0.29) is 0 Å². The zero-order valence-corrected chi connectivity index (χ0v) is 32.6. The van der Waals surface area contributed by atoms with Gasteiger partial charge in [0, 0.05) is 17.1 Å². The minimum Gasteiger partial charge on any atom is -0.311 e. The summed E-state index contributed by atoms with van der Waals surface area (Å²) in [7, 11) is 0. The molecular weight excluding hydrogens is 711 g/mol. The Bertz CT molecular complexity index is 2970. The van der Waals surface area contributed by atoms with E-state index in [1.165, 1.54) is 77.5 Å². The van der Waals surface area contributed by atoms with Crippen LogP contribution in [0, 0.1) is 0 Å². The quantitative estimate of drug-likeness (QED) is 0.142. The lowest BCUT2D eigenvalue weighted by Gasteiger charge is -2.26. The van der Waals surface area contributed by atoms with Gasteiger partial charge < -0.3 is 4.90 Å². The van der Waals surface area contributed by atoms with Crippen molar-refractivity contribution in [3.05, 3.63) is 249 Å². The SMILES string of the molecule is c1ccc(-c2ccc(-c3ccc(N(c4ccc(-c5ccc(-c6ccccc6)c(-c6ccccc6)c5)cc4)c4ccc(-c5cccc6ccccc56)cc4)cc3)cc2)cc1. The summed E-state index contributed by atoms with van der Waals surface area (Å²) < 4.78 is 0. The summed E-state index contributed by atoms with van der Waals surface area (Å²) in [5, 5.41) is 2.51. The van der Waals surface area contributed by atoms with Gasteiger partial charge in [0.15, 0.2) is 0 Å². The predicted octanol–water partition coefficient (Wildman–Crippen LogP) is 16.3. The first-order valence-corrected chi connectivity index (χ1v) is 20.2. The molecule has 0 bridgehead atoms. The highest BCUT2D eigenvalue weighted by atomic mass is 15.1. The van der Waals surface area contributed by atoms with Gasteiger partial charge in [-0.1, -0.05) is 206 Å². The summed E-state index contributed by atoms with van der Waals surface area (Å²) >= 11 is 0. The molecule has 1 nitrogen and oxygen atoms in total. The molecule has 0 unspecified atom stereocenters. The molecule has 0 aliphatic rings. The van der Waals surface area contributed by atoms with Crippen LogP contribution in [0.4, 0.5) is 17.1 Å². The molecule has 0 saturated heterocycles. The van der Waals surface area contributed by atoms with Crippen LogP contribution in [-0.2, 0) is 0 Å². The van der Waals surface area contributed by atoms with Crippen molar-refractivity contribution in [2.24, 2.45) is 0 Å². The Kier molecular flexibility index (Phi) is 9.68. The fourth-order valence-corrected chi connectivity index (χ4v) is 8.26. The van der Waals surface area contributed by atoms with Gasteiger partial charge in [-0.2, -0.15) is 0 Å². The van der Waals surface area contributed by atoms with Gasteiger partial charge in [-0.05, 0) is 120 Å². The van der Waals surface area contributed by atoms with Crippen molar-refractivity contribution in [3.63, 3.8) is 0 Å². The van der Waals surface area contributed by atoms with Gasteiger partial charge in [-0.3, -0.25) is 0 Å². The normalized spacial score (nSPS) is 11.1. The highest BCUT2D eigenvalue weighted by Crippen LogP contribution is 2.40. The first-order chi connectivity index (χ1) is 29.2.